The Morgan fingerprint density at radius 1 is 1.41 bits per heavy atom. The first-order valence-electron chi connectivity index (χ1n) is 5.54. The summed E-state index contributed by atoms with van der Waals surface area (Å²) in [5.41, 5.74) is 5.90. The molecule has 1 amide bonds. The zero-order valence-electron chi connectivity index (χ0n) is 9.41. The molecule has 1 saturated heterocycles. The molecule has 0 saturated carbocycles. The van der Waals surface area contributed by atoms with Crippen LogP contribution in [-0.4, -0.2) is 24.7 Å². The van der Waals surface area contributed by atoms with Gasteiger partial charge < -0.3 is 15.8 Å². The summed E-state index contributed by atoms with van der Waals surface area (Å²) >= 11 is 5.85. The lowest BCUT2D eigenvalue weighted by Crippen LogP contribution is -2.54. The molecule has 4 nitrogen and oxygen atoms in total. The van der Waals surface area contributed by atoms with Crippen LogP contribution in [0.1, 0.15) is 12.8 Å². The van der Waals surface area contributed by atoms with E-state index in [1.807, 2.05) is 0 Å². The van der Waals surface area contributed by atoms with Crippen LogP contribution in [0.25, 0.3) is 0 Å². The van der Waals surface area contributed by atoms with E-state index in [0.717, 1.165) is 0 Å². The first-order chi connectivity index (χ1) is 8.10. The SMILES string of the molecule is NC1(C(=O)Nc2cccc(Cl)c2)CCOCC1. The van der Waals surface area contributed by atoms with Crippen LogP contribution in [0.2, 0.25) is 5.02 Å². The van der Waals surface area contributed by atoms with E-state index in [1.165, 1.54) is 0 Å². The Kier molecular flexibility index (Phi) is 3.66. The third-order valence-corrected chi connectivity index (χ3v) is 3.15. The summed E-state index contributed by atoms with van der Waals surface area (Å²) in [4.78, 5) is 12.1. The predicted octanol–water partition coefficient (Wildman–Crippen LogP) is 1.79. The largest absolute Gasteiger partial charge is 0.381 e. The van der Waals surface area contributed by atoms with Gasteiger partial charge in [-0.3, -0.25) is 4.79 Å². The first-order valence-corrected chi connectivity index (χ1v) is 5.92. The number of nitrogens with two attached hydrogens (primary N) is 1. The number of carbonyl (C=O) groups excluding carboxylic acids is 1. The molecule has 5 heteroatoms. The summed E-state index contributed by atoms with van der Waals surface area (Å²) in [6, 6.07) is 7.02. The third kappa shape index (κ3) is 2.97. The Balaban J connectivity index is 2.05. The summed E-state index contributed by atoms with van der Waals surface area (Å²) < 4.78 is 5.20. The first kappa shape index (κ1) is 12.4. The molecule has 0 bridgehead atoms. The van der Waals surface area contributed by atoms with Gasteiger partial charge in [0.2, 0.25) is 5.91 Å². The molecule has 1 aliphatic heterocycles. The Hall–Kier alpha value is -1.10. The third-order valence-electron chi connectivity index (χ3n) is 2.92. The van der Waals surface area contributed by atoms with E-state index < -0.39 is 5.54 Å². The molecular weight excluding hydrogens is 240 g/mol. The minimum absolute atomic E-state index is 0.178. The van der Waals surface area contributed by atoms with Crippen LogP contribution in [0, 0.1) is 0 Å². The maximum absolute atomic E-state index is 12.1. The van der Waals surface area contributed by atoms with Gasteiger partial charge in [-0.15, -0.1) is 0 Å². The van der Waals surface area contributed by atoms with Gasteiger partial charge in [-0.05, 0) is 31.0 Å². The molecule has 1 aromatic carbocycles. The molecule has 1 aromatic rings. The van der Waals surface area contributed by atoms with Gasteiger partial charge in [-0.25, -0.2) is 0 Å². The van der Waals surface area contributed by atoms with Gasteiger partial charge in [0.25, 0.3) is 0 Å². The number of hydrogen-bond acceptors (Lipinski definition) is 3. The molecule has 1 heterocycles. The fraction of sp³-hybridized carbons (Fsp3) is 0.417. The smallest absolute Gasteiger partial charge is 0.244 e. The van der Waals surface area contributed by atoms with Gasteiger partial charge in [0.1, 0.15) is 5.54 Å². The Morgan fingerprint density at radius 3 is 2.76 bits per heavy atom. The average molecular weight is 255 g/mol. The van der Waals surface area contributed by atoms with E-state index in [1.54, 1.807) is 24.3 Å². The minimum atomic E-state index is -0.833. The number of hydrogen-bond donors (Lipinski definition) is 2. The van der Waals surface area contributed by atoms with Crippen LogP contribution in [0.5, 0.6) is 0 Å². The number of carbonyl (C=O) groups is 1. The van der Waals surface area contributed by atoms with Crippen LogP contribution in [0.3, 0.4) is 0 Å². The van der Waals surface area contributed by atoms with Crippen LogP contribution >= 0.6 is 11.6 Å². The zero-order valence-corrected chi connectivity index (χ0v) is 10.2. The van der Waals surface area contributed by atoms with E-state index in [9.17, 15) is 4.79 Å². The van der Waals surface area contributed by atoms with E-state index in [0.29, 0.717) is 36.8 Å². The molecule has 0 radical (unpaired) electrons. The molecule has 92 valence electrons. The van der Waals surface area contributed by atoms with Crippen molar-refractivity contribution in [1.82, 2.24) is 0 Å². The second-order valence-corrected chi connectivity index (χ2v) is 4.67. The lowest BCUT2D eigenvalue weighted by Gasteiger charge is -2.31. The van der Waals surface area contributed by atoms with E-state index >= 15 is 0 Å². The highest BCUT2D eigenvalue weighted by molar-refractivity contribution is 6.30. The normalized spacial score (nSPS) is 18.7. The zero-order chi connectivity index (χ0) is 12.3. The van der Waals surface area contributed by atoms with Crippen LogP contribution < -0.4 is 11.1 Å². The highest BCUT2D eigenvalue weighted by Crippen LogP contribution is 2.21. The Morgan fingerprint density at radius 2 is 2.12 bits per heavy atom. The van der Waals surface area contributed by atoms with Crippen molar-refractivity contribution in [2.45, 2.75) is 18.4 Å². The van der Waals surface area contributed by atoms with Gasteiger partial charge in [-0.2, -0.15) is 0 Å². The molecular formula is C12H15ClN2O2. The maximum atomic E-state index is 12.1. The quantitative estimate of drug-likeness (QED) is 0.846. The highest BCUT2D eigenvalue weighted by Gasteiger charge is 2.35. The summed E-state index contributed by atoms with van der Waals surface area (Å²) in [5.74, 6) is -0.178. The van der Waals surface area contributed by atoms with E-state index in [2.05, 4.69) is 5.32 Å². The summed E-state index contributed by atoms with van der Waals surface area (Å²) in [6.45, 7) is 1.05. The number of amides is 1. The molecule has 0 atom stereocenters. The minimum Gasteiger partial charge on any atom is -0.381 e. The molecule has 3 N–H and O–H groups in total. The molecule has 1 fully saturated rings. The summed E-state index contributed by atoms with van der Waals surface area (Å²) in [7, 11) is 0. The van der Waals surface area contributed by atoms with Gasteiger partial charge >= 0.3 is 0 Å². The number of benzene rings is 1. The lowest BCUT2D eigenvalue weighted by molar-refractivity contribution is -0.124. The molecule has 0 aliphatic carbocycles. The second-order valence-electron chi connectivity index (χ2n) is 4.23. The topological polar surface area (TPSA) is 64.4 Å². The van der Waals surface area contributed by atoms with Crippen LogP contribution in [0.15, 0.2) is 24.3 Å². The lowest BCUT2D eigenvalue weighted by atomic mass is 9.90. The predicted molar refractivity (Wildman–Crippen MR) is 67.1 cm³/mol. The van der Waals surface area contributed by atoms with Crippen LogP contribution in [0.4, 0.5) is 5.69 Å². The molecule has 17 heavy (non-hydrogen) atoms. The van der Waals surface area contributed by atoms with E-state index in [4.69, 9.17) is 22.1 Å². The fourth-order valence-electron chi connectivity index (χ4n) is 1.78. The number of rotatable bonds is 2. The van der Waals surface area contributed by atoms with E-state index in [-0.39, 0.29) is 5.91 Å². The number of halogens is 1. The summed E-state index contributed by atoms with van der Waals surface area (Å²) in [6.07, 6.45) is 1.08. The van der Waals surface area contributed by atoms with Crippen molar-refractivity contribution < 1.29 is 9.53 Å². The van der Waals surface area contributed by atoms with Crippen molar-refractivity contribution in [3.8, 4) is 0 Å². The van der Waals surface area contributed by atoms with Crippen molar-refractivity contribution in [1.29, 1.82) is 0 Å². The fourth-order valence-corrected chi connectivity index (χ4v) is 1.97. The number of anilines is 1. The molecule has 0 spiro atoms. The number of nitrogens with one attached hydrogen (secondary N) is 1. The second kappa shape index (κ2) is 5.04. The van der Waals surface area contributed by atoms with Crippen molar-refractivity contribution in [3.05, 3.63) is 29.3 Å². The maximum Gasteiger partial charge on any atom is 0.244 e. The van der Waals surface area contributed by atoms with Gasteiger partial charge in [0.15, 0.2) is 0 Å². The standard InChI is InChI=1S/C12H15ClN2O2/c13-9-2-1-3-10(8-9)15-11(16)12(14)4-6-17-7-5-12/h1-3,8H,4-7,14H2,(H,15,16). The van der Waals surface area contributed by atoms with Crippen LogP contribution in [-0.2, 0) is 9.53 Å². The van der Waals surface area contributed by atoms with Gasteiger partial charge in [0, 0.05) is 23.9 Å². The Bertz CT molecular complexity index is 417. The summed E-state index contributed by atoms with van der Waals surface area (Å²) in [5, 5.41) is 3.37. The average Bonchev–Trinajstić information content (AvgIpc) is 2.30. The van der Waals surface area contributed by atoms with Gasteiger partial charge in [0.05, 0.1) is 0 Å². The molecule has 1 aliphatic rings. The highest BCUT2D eigenvalue weighted by atomic mass is 35.5. The van der Waals surface area contributed by atoms with Gasteiger partial charge in [-0.1, -0.05) is 17.7 Å². The van der Waals surface area contributed by atoms with Crippen molar-refractivity contribution in [2.24, 2.45) is 5.73 Å². The molecule has 2 rings (SSSR count). The monoisotopic (exact) mass is 254 g/mol. The Labute approximate surface area is 105 Å². The van der Waals surface area contributed by atoms with Crippen molar-refractivity contribution in [3.63, 3.8) is 0 Å². The number of ether oxygens (including phenoxy) is 1. The van der Waals surface area contributed by atoms with Crippen molar-refractivity contribution in [2.75, 3.05) is 18.5 Å². The molecule has 0 aromatic heterocycles. The molecule has 0 unspecified atom stereocenters. The van der Waals surface area contributed by atoms with Crippen molar-refractivity contribution >= 4 is 23.2 Å².